The number of rotatable bonds is 17. The summed E-state index contributed by atoms with van der Waals surface area (Å²) in [5.74, 6) is -0.453. The number of aromatic hydroxyl groups is 3. The fraction of sp³-hybridized carbons (Fsp3) is 0.345. The zero-order valence-corrected chi connectivity index (χ0v) is 39.9. The molecule has 0 aromatic heterocycles. The van der Waals surface area contributed by atoms with E-state index in [4.69, 9.17) is 23.7 Å². The normalized spacial score (nSPS) is 20.1. The molecular weight excluding hydrogens is 871 g/mol. The standard InChI is InChI=1S/C58H63NO10/c1-5-67-22-10-21-59-36-40-13-9-14-42(23-40)50-32-47(61)26-43-16-15-39(24-49(43)50)25-57(64)69-48-27-45(41-17-18-52(62)55(30-41)65-3)34-58(20-19-38-11-7-6-8-12-38)35-46-29-53(63)56(66-4)31-44(46)28-51(58)54(33-48)68-37(2)60/h6-9,11-20,23-24,26,29-32,45,48,51,54,59,61-63H,5,10,21-22,25,27-28,33-36H2,1-4H3/b20-19+/t45-,48-,51+,54+,58+/m0/s1. The maximum absolute atomic E-state index is 14.4. The minimum absolute atomic E-state index is 0.0140. The van der Waals surface area contributed by atoms with E-state index in [1.165, 1.54) is 21.1 Å². The van der Waals surface area contributed by atoms with Crippen LogP contribution in [-0.4, -0.2) is 73.4 Å². The largest absolute Gasteiger partial charge is 0.508 e. The van der Waals surface area contributed by atoms with Crippen LogP contribution in [0, 0.1) is 11.3 Å². The molecule has 6 aromatic rings. The van der Waals surface area contributed by atoms with Crippen molar-refractivity contribution in [3.05, 3.63) is 155 Å². The maximum atomic E-state index is 14.4. The zero-order valence-electron chi connectivity index (χ0n) is 39.9. The number of hydrogen-bond donors (Lipinski definition) is 4. The number of benzene rings is 6. The Hall–Kier alpha value is -6.82. The smallest absolute Gasteiger partial charge is 0.310 e. The third-order valence-electron chi connectivity index (χ3n) is 13.8. The van der Waals surface area contributed by atoms with Crippen molar-refractivity contribution in [2.45, 2.75) is 83.5 Å². The van der Waals surface area contributed by atoms with E-state index in [9.17, 15) is 24.9 Å². The molecule has 2 aliphatic carbocycles. The van der Waals surface area contributed by atoms with E-state index >= 15 is 0 Å². The molecule has 0 aliphatic heterocycles. The van der Waals surface area contributed by atoms with Gasteiger partial charge in [0.1, 0.15) is 18.0 Å². The van der Waals surface area contributed by atoms with E-state index in [0.29, 0.717) is 56.9 Å². The van der Waals surface area contributed by atoms with Crippen molar-refractivity contribution < 1.29 is 48.6 Å². The van der Waals surface area contributed by atoms with Crippen molar-refractivity contribution in [1.82, 2.24) is 5.32 Å². The Kier molecular flexibility index (Phi) is 15.6. The highest BCUT2D eigenvalue weighted by atomic mass is 16.6. The molecule has 0 saturated heterocycles. The van der Waals surface area contributed by atoms with Gasteiger partial charge in [-0.15, -0.1) is 0 Å². The Morgan fingerprint density at radius 2 is 1.61 bits per heavy atom. The van der Waals surface area contributed by atoms with E-state index in [2.05, 4.69) is 29.6 Å². The minimum atomic E-state index is -0.665. The second-order valence-corrected chi connectivity index (χ2v) is 18.5. The van der Waals surface area contributed by atoms with E-state index in [0.717, 1.165) is 68.2 Å². The fourth-order valence-corrected chi connectivity index (χ4v) is 10.6. The Labute approximate surface area is 404 Å². The molecule has 5 atom stereocenters. The van der Waals surface area contributed by atoms with Gasteiger partial charge in [0, 0.05) is 39.0 Å². The third-order valence-corrected chi connectivity index (χ3v) is 13.8. The number of allylic oxidation sites excluding steroid dienone is 1. The molecular formula is C58H63NO10. The molecule has 0 unspecified atom stereocenters. The van der Waals surface area contributed by atoms with Gasteiger partial charge in [-0.25, -0.2) is 0 Å². The van der Waals surface area contributed by atoms with Gasteiger partial charge in [-0.2, -0.15) is 0 Å². The highest BCUT2D eigenvalue weighted by Crippen LogP contribution is 2.54. The Morgan fingerprint density at radius 3 is 2.39 bits per heavy atom. The monoisotopic (exact) mass is 933 g/mol. The molecule has 69 heavy (non-hydrogen) atoms. The van der Waals surface area contributed by atoms with Crippen LogP contribution in [0.15, 0.2) is 121 Å². The first-order valence-corrected chi connectivity index (χ1v) is 23.9. The predicted molar refractivity (Wildman–Crippen MR) is 268 cm³/mol. The molecule has 0 radical (unpaired) electrons. The summed E-state index contributed by atoms with van der Waals surface area (Å²) in [6.45, 7) is 6.35. The number of carbonyl (C=O) groups is 2. The van der Waals surface area contributed by atoms with Crippen LogP contribution in [0.1, 0.15) is 78.8 Å². The number of hydrogen-bond acceptors (Lipinski definition) is 11. The molecule has 11 heteroatoms. The summed E-state index contributed by atoms with van der Waals surface area (Å²) >= 11 is 0. The number of esters is 2. The molecule has 0 heterocycles. The molecule has 2 aliphatic rings. The van der Waals surface area contributed by atoms with Gasteiger partial charge in [-0.1, -0.05) is 78.9 Å². The Balaban J connectivity index is 1.13. The van der Waals surface area contributed by atoms with E-state index in [1.807, 2.05) is 85.8 Å². The van der Waals surface area contributed by atoms with Crippen molar-refractivity contribution in [3.63, 3.8) is 0 Å². The van der Waals surface area contributed by atoms with Gasteiger partial charge in [0.15, 0.2) is 23.0 Å². The molecule has 1 fully saturated rings. The number of phenols is 3. The van der Waals surface area contributed by atoms with Crippen LogP contribution in [0.5, 0.6) is 28.7 Å². The summed E-state index contributed by atoms with van der Waals surface area (Å²) in [6.07, 6.45) is 6.17. The predicted octanol–water partition coefficient (Wildman–Crippen LogP) is 10.6. The average molecular weight is 934 g/mol. The van der Waals surface area contributed by atoms with Crippen molar-refractivity contribution >= 4 is 28.8 Å². The second-order valence-electron chi connectivity index (χ2n) is 18.5. The average Bonchev–Trinajstić information content (AvgIpc) is 3.33. The van der Waals surface area contributed by atoms with Crippen LogP contribution in [-0.2, 0) is 49.6 Å². The molecule has 1 saturated carbocycles. The summed E-state index contributed by atoms with van der Waals surface area (Å²) in [4.78, 5) is 27.5. The summed E-state index contributed by atoms with van der Waals surface area (Å²) in [6, 6.07) is 36.6. The maximum Gasteiger partial charge on any atom is 0.310 e. The Morgan fingerprint density at radius 1 is 0.797 bits per heavy atom. The van der Waals surface area contributed by atoms with E-state index in [-0.39, 0.29) is 41.9 Å². The van der Waals surface area contributed by atoms with Crippen molar-refractivity contribution in [3.8, 4) is 39.9 Å². The fourth-order valence-electron chi connectivity index (χ4n) is 10.6. The number of fused-ring (bicyclic) bond motifs is 3. The molecule has 0 amide bonds. The first-order valence-electron chi connectivity index (χ1n) is 23.9. The SMILES string of the molecule is CCOCCCNCc1cccc(-c2cc(O)cc3ccc(CC(=O)O[C@H]4C[C@H](c5ccc(O)c(OC)c5)C[C@]5(/C=C/c6ccccc6)Cc6cc(O)c(OC)cc6C[C@@H]5[C@H](OC(C)=O)C4)cc23)c1. The van der Waals surface area contributed by atoms with Crippen molar-refractivity contribution in [2.75, 3.05) is 34.0 Å². The molecule has 4 N–H and O–H groups in total. The Bertz CT molecular complexity index is 2790. The number of carbonyl (C=O) groups excluding carboxylic acids is 2. The van der Waals surface area contributed by atoms with Crippen molar-refractivity contribution in [2.24, 2.45) is 11.3 Å². The second kappa shape index (κ2) is 22.1. The van der Waals surface area contributed by atoms with Gasteiger partial charge in [-0.3, -0.25) is 9.59 Å². The number of nitrogens with one attached hydrogen (secondary N) is 1. The van der Waals surface area contributed by atoms with Gasteiger partial charge in [0.2, 0.25) is 0 Å². The van der Waals surface area contributed by atoms with Crippen LogP contribution < -0.4 is 14.8 Å². The van der Waals surface area contributed by atoms with Crippen LogP contribution in [0.3, 0.4) is 0 Å². The molecule has 0 bridgehead atoms. The topological polar surface area (TPSA) is 153 Å². The summed E-state index contributed by atoms with van der Waals surface area (Å²) < 4.78 is 29.5. The third kappa shape index (κ3) is 11.7. The van der Waals surface area contributed by atoms with Crippen LogP contribution in [0.25, 0.3) is 28.0 Å². The lowest BCUT2D eigenvalue weighted by molar-refractivity contribution is -0.161. The van der Waals surface area contributed by atoms with Crippen LogP contribution in [0.4, 0.5) is 0 Å². The number of methoxy groups -OCH3 is 2. The van der Waals surface area contributed by atoms with E-state index in [1.54, 1.807) is 24.3 Å². The number of phenolic OH excluding ortho intramolecular Hbond substituents is 3. The van der Waals surface area contributed by atoms with E-state index < -0.39 is 29.6 Å². The van der Waals surface area contributed by atoms with Crippen molar-refractivity contribution in [1.29, 1.82) is 0 Å². The van der Waals surface area contributed by atoms with Gasteiger partial charge >= 0.3 is 11.9 Å². The summed E-state index contributed by atoms with van der Waals surface area (Å²) in [5.41, 5.74) is 6.90. The number of ether oxygens (including phenoxy) is 5. The minimum Gasteiger partial charge on any atom is -0.508 e. The summed E-state index contributed by atoms with van der Waals surface area (Å²) in [5, 5.41) is 37.8. The lowest BCUT2D eigenvalue weighted by Gasteiger charge is -2.50. The molecule has 11 nitrogen and oxygen atoms in total. The molecule has 0 spiro atoms. The summed E-state index contributed by atoms with van der Waals surface area (Å²) in [7, 11) is 3.04. The lowest BCUT2D eigenvalue weighted by Crippen LogP contribution is -2.49. The van der Waals surface area contributed by atoms with Gasteiger partial charge in [-0.05, 0) is 161 Å². The molecule has 8 rings (SSSR count). The molecule has 360 valence electrons. The van der Waals surface area contributed by atoms with Gasteiger partial charge in [0.05, 0.1) is 20.6 Å². The van der Waals surface area contributed by atoms with Gasteiger partial charge in [0.25, 0.3) is 0 Å². The van der Waals surface area contributed by atoms with Gasteiger partial charge < -0.3 is 44.3 Å². The highest BCUT2D eigenvalue weighted by Gasteiger charge is 2.50. The lowest BCUT2D eigenvalue weighted by atomic mass is 9.56. The zero-order chi connectivity index (χ0) is 48.5. The highest BCUT2D eigenvalue weighted by molar-refractivity contribution is 5.98. The van der Waals surface area contributed by atoms with Crippen LogP contribution >= 0.6 is 0 Å². The molecule has 6 aromatic carbocycles. The first-order chi connectivity index (χ1) is 33.4. The first kappa shape index (κ1) is 48.6. The van der Waals surface area contributed by atoms with Crippen LogP contribution in [0.2, 0.25) is 0 Å². The quantitative estimate of drug-likeness (QED) is 0.0511.